The quantitative estimate of drug-likeness (QED) is 0.759. The van der Waals surface area contributed by atoms with Gasteiger partial charge in [-0.05, 0) is 19.1 Å². The average molecular weight is 238 g/mol. The zero-order valence-corrected chi connectivity index (χ0v) is 9.15. The highest BCUT2D eigenvalue weighted by Gasteiger charge is 2.31. The second-order valence-corrected chi connectivity index (χ2v) is 3.85. The fourth-order valence-electron chi connectivity index (χ4n) is 1.49. The van der Waals surface area contributed by atoms with Crippen molar-refractivity contribution < 1.29 is 14.7 Å². The van der Waals surface area contributed by atoms with Crippen molar-refractivity contribution in [3.63, 3.8) is 0 Å². The predicted molar refractivity (Wildman–Crippen MR) is 59.4 cm³/mol. The summed E-state index contributed by atoms with van der Waals surface area (Å²) in [4.78, 5) is 24.2. The smallest absolute Gasteiger partial charge is 0.261 e. The van der Waals surface area contributed by atoms with Gasteiger partial charge in [-0.2, -0.15) is 0 Å². The monoisotopic (exact) mass is 237 g/mol. The summed E-state index contributed by atoms with van der Waals surface area (Å²) in [7, 11) is 0. The molecule has 82 valence electrons. The van der Waals surface area contributed by atoms with E-state index in [9.17, 15) is 14.7 Å². The lowest BCUT2D eigenvalue weighted by atomic mass is 10.2. The normalized spacial score (nSPS) is 15.6. The molecule has 4 nitrogen and oxygen atoms in total. The number of nitrogens with zero attached hydrogens (tertiary/aromatic N) is 1. The van der Waals surface area contributed by atoms with Crippen molar-refractivity contribution >= 4 is 29.1 Å². The van der Waals surface area contributed by atoms with Crippen molar-refractivity contribution in [1.82, 2.24) is 0 Å². The number of carbonyl (C=O) groups is 2. The molecule has 1 N–H and O–H groups in total. The van der Waals surface area contributed by atoms with Crippen LogP contribution in [-0.4, -0.2) is 16.9 Å². The fraction of sp³-hybridized carbons (Fsp3) is 0.0909. The van der Waals surface area contributed by atoms with Gasteiger partial charge in [0.15, 0.2) is 0 Å². The molecule has 2 rings (SSSR count). The van der Waals surface area contributed by atoms with Crippen LogP contribution in [0.3, 0.4) is 0 Å². The molecule has 1 aliphatic heterocycles. The van der Waals surface area contributed by atoms with Crippen molar-refractivity contribution in [1.29, 1.82) is 0 Å². The van der Waals surface area contributed by atoms with Crippen LogP contribution < -0.4 is 4.90 Å². The number of amides is 2. The molecule has 0 bridgehead atoms. The van der Waals surface area contributed by atoms with Gasteiger partial charge < -0.3 is 5.11 Å². The first kappa shape index (κ1) is 10.7. The molecule has 1 aromatic carbocycles. The Labute approximate surface area is 96.7 Å². The van der Waals surface area contributed by atoms with Crippen LogP contribution >= 0.6 is 11.6 Å². The molecule has 0 aliphatic carbocycles. The lowest BCUT2D eigenvalue weighted by molar-refractivity contribution is -0.120. The number of imide groups is 1. The van der Waals surface area contributed by atoms with Gasteiger partial charge in [0.1, 0.15) is 5.75 Å². The van der Waals surface area contributed by atoms with Crippen LogP contribution in [0, 0.1) is 0 Å². The first-order valence-electron chi connectivity index (χ1n) is 4.56. The Morgan fingerprint density at radius 2 is 2.00 bits per heavy atom. The number of hydrogen-bond acceptors (Lipinski definition) is 3. The molecule has 16 heavy (non-hydrogen) atoms. The van der Waals surface area contributed by atoms with Crippen LogP contribution in [0.25, 0.3) is 0 Å². The van der Waals surface area contributed by atoms with Crippen LogP contribution in [0.4, 0.5) is 5.69 Å². The highest BCUT2D eigenvalue weighted by atomic mass is 35.5. The Kier molecular flexibility index (Phi) is 2.44. The molecule has 0 saturated carbocycles. The number of phenols is 1. The van der Waals surface area contributed by atoms with Crippen molar-refractivity contribution in [2.45, 2.75) is 6.92 Å². The van der Waals surface area contributed by atoms with Gasteiger partial charge in [0.2, 0.25) is 0 Å². The third-order valence-electron chi connectivity index (χ3n) is 2.27. The summed E-state index contributed by atoms with van der Waals surface area (Å²) in [5, 5.41) is 9.34. The van der Waals surface area contributed by atoms with Gasteiger partial charge in [0, 0.05) is 17.7 Å². The Morgan fingerprint density at radius 1 is 1.31 bits per heavy atom. The predicted octanol–water partition coefficient (Wildman–Crippen LogP) is 1.87. The van der Waals surface area contributed by atoms with Crippen molar-refractivity contribution in [2.75, 3.05) is 4.90 Å². The van der Waals surface area contributed by atoms with E-state index in [4.69, 9.17) is 11.6 Å². The maximum atomic E-state index is 11.7. The summed E-state index contributed by atoms with van der Waals surface area (Å²) in [6, 6.07) is 4.08. The van der Waals surface area contributed by atoms with Crippen molar-refractivity contribution in [2.24, 2.45) is 0 Å². The molecule has 0 aromatic heterocycles. The summed E-state index contributed by atoms with van der Waals surface area (Å²) in [6.45, 7) is 1.56. The van der Waals surface area contributed by atoms with Crippen LogP contribution in [0.2, 0.25) is 5.02 Å². The SMILES string of the molecule is CC1=CC(=O)N(c2ccc(O)cc2Cl)C1=O. The Bertz CT molecular complexity index is 522. The van der Waals surface area contributed by atoms with Gasteiger partial charge in [-0.25, -0.2) is 4.90 Å². The summed E-state index contributed by atoms with van der Waals surface area (Å²) in [5.41, 5.74) is 0.650. The number of aromatic hydroxyl groups is 1. The van der Waals surface area contributed by atoms with E-state index in [1.165, 1.54) is 24.3 Å². The zero-order chi connectivity index (χ0) is 11.9. The molecule has 0 saturated heterocycles. The topological polar surface area (TPSA) is 57.6 Å². The summed E-state index contributed by atoms with van der Waals surface area (Å²) >= 11 is 5.86. The second-order valence-electron chi connectivity index (χ2n) is 3.44. The van der Waals surface area contributed by atoms with Crippen LogP contribution in [0.5, 0.6) is 5.75 Å². The Hall–Kier alpha value is -1.81. The van der Waals surface area contributed by atoms with E-state index in [0.717, 1.165) is 4.90 Å². The van der Waals surface area contributed by atoms with E-state index in [-0.39, 0.29) is 16.5 Å². The third kappa shape index (κ3) is 1.57. The van der Waals surface area contributed by atoms with Gasteiger partial charge >= 0.3 is 0 Å². The third-order valence-corrected chi connectivity index (χ3v) is 2.58. The first-order valence-corrected chi connectivity index (χ1v) is 4.94. The molecule has 5 heteroatoms. The molecule has 0 unspecified atom stereocenters. The maximum Gasteiger partial charge on any atom is 0.261 e. The van der Waals surface area contributed by atoms with Gasteiger partial charge in [-0.1, -0.05) is 11.6 Å². The van der Waals surface area contributed by atoms with E-state index >= 15 is 0 Å². The molecule has 0 fully saturated rings. The summed E-state index contributed by atoms with van der Waals surface area (Å²) in [5.74, 6) is -0.829. The number of benzene rings is 1. The minimum atomic E-state index is -0.421. The van der Waals surface area contributed by atoms with Gasteiger partial charge in [0.05, 0.1) is 10.7 Å². The molecule has 0 radical (unpaired) electrons. The van der Waals surface area contributed by atoms with E-state index in [2.05, 4.69) is 0 Å². The minimum Gasteiger partial charge on any atom is -0.508 e. The minimum absolute atomic E-state index is 0.0162. The zero-order valence-electron chi connectivity index (χ0n) is 8.40. The summed E-state index contributed by atoms with van der Waals surface area (Å²) in [6.07, 6.45) is 1.26. The van der Waals surface area contributed by atoms with E-state index < -0.39 is 11.8 Å². The van der Waals surface area contributed by atoms with Crippen LogP contribution in [0.1, 0.15) is 6.92 Å². The molecule has 1 heterocycles. The van der Waals surface area contributed by atoms with E-state index in [1.807, 2.05) is 0 Å². The molecule has 1 aromatic rings. The number of rotatable bonds is 1. The summed E-state index contributed by atoms with van der Waals surface area (Å²) < 4.78 is 0. The van der Waals surface area contributed by atoms with Gasteiger partial charge in [-0.15, -0.1) is 0 Å². The van der Waals surface area contributed by atoms with E-state index in [1.54, 1.807) is 6.92 Å². The number of phenolic OH excluding ortho intramolecular Hbond substituents is 1. The van der Waals surface area contributed by atoms with Gasteiger partial charge in [-0.3, -0.25) is 9.59 Å². The first-order chi connectivity index (χ1) is 7.50. The van der Waals surface area contributed by atoms with E-state index in [0.29, 0.717) is 5.57 Å². The number of anilines is 1. The van der Waals surface area contributed by atoms with Crippen molar-refractivity contribution in [3.8, 4) is 5.75 Å². The molecule has 2 amide bonds. The molecule has 0 atom stereocenters. The fourth-order valence-corrected chi connectivity index (χ4v) is 1.75. The second kappa shape index (κ2) is 3.64. The Morgan fingerprint density at radius 3 is 2.50 bits per heavy atom. The van der Waals surface area contributed by atoms with Crippen LogP contribution in [-0.2, 0) is 9.59 Å². The number of hydrogen-bond donors (Lipinski definition) is 1. The van der Waals surface area contributed by atoms with Gasteiger partial charge in [0.25, 0.3) is 11.8 Å². The highest BCUT2D eigenvalue weighted by Crippen LogP contribution is 2.32. The molecular formula is C11H8ClNO3. The molecule has 0 spiro atoms. The largest absolute Gasteiger partial charge is 0.508 e. The Balaban J connectivity index is 2.47. The lowest BCUT2D eigenvalue weighted by Gasteiger charge is -2.15. The lowest BCUT2D eigenvalue weighted by Crippen LogP contribution is -2.30. The van der Waals surface area contributed by atoms with Crippen molar-refractivity contribution in [3.05, 3.63) is 34.9 Å². The number of halogens is 1. The van der Waals surface area contributed by atoms with Crippen LogP contribution in [0.15, 0.2) is 29.8 Å². The standard InChI is InChI=1S/C11H8ClNO3/c1-6-4-10(15)13(11(6)16)9-3-2-7(14)5-8(9)12/h2-5,14H,1H3. The molecule has 1 aliphatic rings. The highest BCUT2D eigenvalue weighted by molar-refractivity contribution is 6.38. The average Bonchev–Trinajstić information content (AvgIpc) is 2.43. The molecular weight excluding hydrogens is 230 g/mol. The maximum absolute atomic E-state index is 11.7. The number of carbonyl (C=O) groups excluding carboxylic acids is 2.